The minimum atomic E-state index is -0.244. The zero-order valence-corrected chi connectivity index (χ0v) is 21.7. The quantitative estimate of drug-likeness (QED) is 0.474. The number of methoxy groups -OCH3 is 1. The van der Waals surface area contributed by atoms with Gasteiger partial charge < -0.3 is 29.3 Å². The Hall–Kier alpha value is -3.52. The Labute approximate surface area is 213 Å². The summed E-state index contributed by atoms with van der Waals surface area (Å²) in [6.07, 6.45) is 3.18. The number of carbonyl (C=O) groups excluding carboxylic acids is 2. The van der Waals surface area contributed by atoms with E-state index in [2.05, 4.69) is 24.1 Å². The Bertz CT molecular complexity index is 1030. The van der Waals surface area contributed by atoms with Gasteiger partial charge in [-0.05, 0) is 60.9 Å². The highest BCUT2D eigenvalue weighted by atomic mass is 16.5. The molecule has 0 aliphatic carbocycles. The first-order valence-corrected chi connectivity index (χ1v) is 12.4. The smallest absolute Gasteiger partial charge is 0.247 e. The summed E-state index contributed by atoms with van der Waals surface area (Å²) in [6, 6.07) is 13.3. The van der Waals surface area contributed by atoms with Gasteiger partial charge in [-0.3, -0.25) is 9.59 Å². The van der Waals surface area contributed by atoms with Gasteiger partial charge in [-0.1, -0.05) is 19.9 Å². The van der Waals surface area contributed by atoms with E-state index < -0.39 is 0 Å². The molecule has 0 unspecified atom stereocenters. The van der Waals surface area contributed by atoms with E-state index in [0.29, 0.717) is 36.3 Å². The van der Waals surface area contributed by atoms with Gasteiger partial charge >= 0.3 is 0 Å². The third-order valence-electron chi connectivity index (χ3n) is 5.73. The Morgan fingerprint density at radius 3 is 2.47 bits per heavy atom. The first-order chi connectivity index (χ1) is 17.4. The molecule has 1 heterocycles. The molecule has 1 saturated heterocycles. The maximum atomic E-state index is 12.7. The van der Waals surface area contributed by atoms with Gasteiger partial charge in [-0.15, -0.1) is 0 Å². The Morgan fingerprint density at radius 2 is 1.83 bits per heavy atom. The van der Waals surface area contributed by atoms with Crippen LogP contribution in [0.15, 0.2) is 48.5 Å². The molecule has 1 aliphatic heterocycles. The normalized spacial score (nSPS) is 13.6. The van der Waals surface area contributed by atoms with Crippen molar-refractivity contribution in [3.63, 3.8) is 0 Å². The van der Waals surface area contributed by atoms with E-state index in [1.807, 2.05) is 49.4 Å². The SMILES string of the molecule is CCN(CC(=O)Nc1ccc(N2CCOCC2)cc1)C(=O)C=Cc1ccc(OCC(C)C)c(OC)c1. The number of hydrogen-bond acceptors (Lipinski definition) is 6. The number of likely N-dealkylation sites (N-methyl/N-ethyl adjacent to an activating group) is 1. The minimum Gasteiger partial charge on any atom is -0.493 e. The van der Waals surface area contributed by atoms with E-state index in [1.54, 1.807) is 13.2 Å². The van der Waals surface area contributed by atoms with Gasteiger partial charge in [0.15, 0.2) is 11.5 Å². The zero-order valence-electron chi connectivity index (χ0n) is 21.7. The van der Waals surface area contributed by atoms with E-state index in [0.717, 1.165) is 37.6 Å². The van der Waals surface area contributed by atoms with Crippen LogP contribution < -0.4 is 19.7 Å². The summed E-state index contributed by atoms with van der Waals surface area (Å²) in [5.74, 6) is 1.19. The maximum Gasteiger partial charge on any atom is 0.247 e. The number of hydrogen-bond donors (Lipinski definition) is 1. The second-order valence-electron chi connectivity index (χ2n) is 9.00. The van der Waals surface area contributed by atoms with E-state index in [-0.39, 0.29) is 18.4 Å². The lowest BCUT2D eigenvalue weighted by Crippen LogP contribution is -2.37. The second-order valence-corrected chi connectivity index (χ2v) is 9.00. The van der Waals surface area contributed by atoms with Gasteiger partial charge in [0.2, 0.25) is 11.8 Å². The van der Waals surface area contributed by atoms with Crippen LogP contribution >= 0.6 is 0 Å². The fourth-order valence-corrected chi connectivity index (χ4v) is 3.73. The Morgan fingerprint density at radius 1 is 1.11 bits per heavy atom. The number of amides is 2. The van der Waals surface area contributed by atoms with Crippen molar-refractivity contribution in [2.45, 2.75) is 20.8 Å². The van der Waals surface area contributed by atoms with E-state index in [9.17, 15) is 9.59 Å². The maximum absolute atomic E-state index is 12.7. The molecule has 0 spiro atoms. The van der Waals surface area contributed by atoms with Crippen LogP contribution in [0.1, 0.15) is 26.3 Å². The monoisotopic (exact) mass is 495 g/mol. The van der Waals surface area contributed by atoms with Crippen molar-refractivity contribution >= 4 is 29.3 Å². The van der Waals surface area contributed by atoms with Crippen molar-refractivity contribution in [2.24, 2.45) is 5.92 Å². The predicted octanol–water partition coefficient (Wildman–Crippen LogP) is 4.07. The molecule has 2 aromatic carbocycles. The number of benzene rings is 2. The summed E-state index contributed by atoms with van der Waals surface area (Å²) in [4.78, 5) is 29.1. The molecule has 36 heavy (non-hydrogen) atoms. The van der Waals surface area contributed by atoms with Gasteiger partial charge in [-0.25, -0.2) is 0 Å². The molecule has 2 amide bonds. The van der Waals surface area contributed by atoms with E-state index in [1.165, 1.54) is 11.0 Å². The number of nitrogens with one attached hydrogen (secondary N) is 1. The molecule has 3 rings (SSSR count). The van der Waals surface area contributed by atoms with Crippen molar-refractivity contribution in [1.82, 2.24) is 4.90 Å². The standard InChI is InChI=1S/C28H37N3O5/c1-5-30(19-27(32)29-23-8-10-24(11-9-23)31-14-16-35-17-15-31)28(33)13-7-22-6-12-25(26(18-22)34-4)36-20-21(2)3/h6-13,18,21H,5,14-17,19-20H2,1-4H3,(H,29,32). The third kappa shape index (κ3) is 8.02. The summed E-state index contributed by atoms with van der Waals surface area (Å²) < 4.78 is 16.6. The van der Waals surface area contributed by atoms with Crippen molar-refractivity contribution in [3.05, 3.63) is 54.1 Å². The predicted molar refractivity (Wildman–Crippen MR) is 143 cm³/mol. The van der Waals surface area contributed by atoms with E-state index in [4.69, 9.17) is 14.2 Å². The van der Waals surface area contributed by atoms with Crippen molar-refractivity contribution < 1.29 is 23.8 Å². The van der Waals surface area contributed by atoms with Gasteiger partial charge in [0.05, 0.1) is 26.9 Å². The second kappa shape index (κ2) is 13.5. The summed E-state index contributed by atoms with van der Waals surface area (Å²) in [5, 5.41) is 2.88. The fourth-order valence-electron chi connectivity index (χ4n) is 3.73. The molecule has 8 nitrogen and oxygen atoms in total. The highest BCUT2D eigenvalue weighted by Crippen LogP contribution is 2.29. The zero-order chi connectivity index (χ0) is 25.9. The molecular weight excluding hydrogens is 458 g/mol. The van der Waals surface area contributed by atoms with Crippen LogP contribution in [-0.2, 0) is 14.3 Å². The lowest BCUT2D eigenvalue weighted by atomic mass is 10.1. The number of nitrogens with zero attached hydrogens (tertiary/aromatic N) is 2. The third-order valence-corrected chi connectivity index (χ3v) is 5.73. The van der Waals surface area contributed by atoms with Crippen molar-refractivity contribution in [3.8, 4) is 11.5 Å². The van der Waals surface area contributed by atoms with Crippen LogP contribution in [0.5, 0.6) is 11.5 Å². The van der Waals surface area contributed by atoms with Crippen molar-refractivity contribution in [1.29, 1.82) is 0 Å². The van der Waals surface area contributed by atoms with Crippen molar-refractivity contribution in [2.75, 3.05) is 63.3 Å². The number of morpholine rings is 1. The molecule has 2 aromatic rings. The molecule has 1 aliphatic rings. The number of anilines is 2. The van der Waals surface area contributed by atoms with Gasteiger partial charge in [0.25, 0.3) is 0 Å². The highest BCUT2D eigenvalue weighted by Gasteiger charge is 2.15. The molecule has 8 heteroatoms. The van der Waals surface area contributed by atoms with Crippen LogP contribution in [0, 0.1) is 5.92 Å². The van der Waals surface area contributed by atoms with E-state index >= 15 is 0 Å². The van der Waals surface area contributed by atoms with Gasteiger partial charge in [0, 0.05) is 37.1 Å². The van der Waals surface area contributed by atoms with Crippen LogP contribution in [0.25, 0.3) is 6.08 Å². The molecule has 0 saturated carbocycles. The molecule has 1 N–H and O–H groups in total. The Kier molecular flexibility index (Phi) is 10.2. The minimum absolute atomic E-state index is 0.0316. The van der Waals surface area contributed by atoms with Crippen LogP contribution in [0.4, 0.5) is 11.4 Å². The van der Waals surface area contributed by atoms with Gasteiger partial charge in [-0.2, -0.15) is 0 Å². The lowest BCUT2D eigenvalue weighted by molar-refractivity contribution is -0.130. The van der Waals surface area contributed by atoms with Crippen LogP contribution in [-0.4, -0.2) is 69.8 Å². The first kappa shape index (κ1) is 27.1. The molecule has 0 atom stereocenters. The fraction of sp³-hybridized carbons (Fsp3) is 0.429. The molecule has 0 aromatic heterocycles. The Balaban J connectivity index is 1.54. The average Bonchev–Trinajstić information content (AvgIpc) is 2.90. The molecule has 194 valence electrons. The summed E-state index contributed by atoms with van der Waals surface area (Å²) in [6.45, 7) is 10.1. The number of rotatable bonds is 11. The van der Waals surface area contributed by atoms with Gasteiger partial charge in [0.1, 0.15) is 6.54 Å². The largest absolute Gasteiger partial charge is 0.493 e. The molecular formula is C28H37N3O5. The summed E-state index contributed by atoms with van der Waals surface area (Å²) in [5.41, 5.74) is 2.60. The topological polar surface area (TPSA) is 80.3 Å². The molecule has 1 fully saturated rings. The summed E-state index contributed by atoms with van der Waals surface area (Å²) in [7, 11) is 1.59. The average molecular weight is 496 g/mol. The number of ether oxygens (including phenoxy) is 3. The highest BCUT2D eigenvalue weighted by molar-refractivity contribution is 5.98. The van der Waals surface area contributed by atoms with Crippen LogP contribution in [0.2, 0.25) is 0 Å². The summed E-state index contributed by atoms with van der Waals surface area (Å²) >= 11 is 0. The number of carbonyl (C=O) groups is 2. The van der Waals surface area contributed by atoms with Crippen LogP contribution in [0.3, 0.4) is 0 Å². The first-order valence-electron chi connectivity index (χ1n) is 12.4. The molecule has 0 radical (unpaired) electrons. The lowest BCUT2D eigenvalue weighted by Gasteiger charge is -2.29. The molecule has 0 bridgehead atoms.